The summed E-state index contributed by atoms with van der Waals surface area (Å²) in [5.41, 5.74) is 0.858. The van der Waals surface area contributed by atoms with Crippen LogP contribution in [0.4, 0.5) is 5.69 Å². The Morgan fingerprint density at radius 1 is 0.938 bits per heavy atom. The molecule has 2 aromatic carbocycles. The van der Waals surface area contributed by atoms with Crippen LogP contribution in [0.15, 0.2) is 53.3 Å². The smallest absolute Gasteiger partial charge is 0.267 e. The standard InChI is InChI=1S/C26H30N2O4/c1-3-5-9-17-28-21-11-8-7-10-20(21)24(30)23(26(28)32)25(31)27-19-15-13-18(14-16-19)22(29)12-6-4-2/h7-8,10-11,13-16,30H,3-6,9,12,17H2,1-2H3,(H,27,31). The summed E-state index contributed by atoms with van der Waals surface area (Å²) in [5, 5.41) is 13.9. The first-order valence-electron chi connectivity index (χ1n) is 11.3. The van der Waals surface area contributed by atoms with Gasteiger partial charge in [-0.15, -0.1) is 0 Å². The second-order valence-corrected chi connectivity index (χ2v) is 7.96. The zero-order valence-corrected chi connectivity index (χ0v) is 18.7. The number of Topliss-reactive ketones (excluding diaryl/α,β-unsaturated/α-hetero) is 1. The first-order chi connectivity index (χ1) is 15.5. The Balaban J connectivity index is 1.91. The molecule has 0 aliphatic rings. The van der Waals surface area contributed by atoms with Crippen molar-refractivity contribution in [1.82, 2.24) is 4.57 Å². The number of aromatic hydroxyl groups is 1. The maximum absolute atomic E-state index is 13.2. The second-order valence-electron chi connectivity index (χ2n) is 7.96. The van der Waals surface area contributed by atoms with Crippen molar-refractivity contribution in [1.29, 1.82) is 0 Å². The Hall–Kier alpha value is -3.41. The van der Waals surface area contributed by atoms with Gasteiger partial charge >= 0.3 is 0 Å². The molecule has 32 heavy (non-hydrogen) atoms. The van der Waals surface area contributed by atoms with Crippen molar-refractivity contribution in [2.24, 2.45) is 0 Å². The SMILES string of the molecule is CCCCCn1c(=O)c(C(=O)Nc2ccc(C(=O)CCCC)cc2)c(O)c2ccccc21. The van der Waals surface area contributed by atoms with E-state index in [0.717, 1.165) is 32.1 Å². The maximum atomic E-state index is 13.2. The normalized spacial score (nSPS) is 10.9. The van der Waals surface area contributed by atoms with Gasteiger partial charge in [0.15, 0.2) is 5.78 Å². The van der Waals surface area contributed by atoms with Crippen LogP contribution in [0.1, 0.15) is 73.1 Å². The number of nitrogens with one attached hydrogen (secondary N) is 1. The molecule has 0 saturated carbocycles. The van der Waals surface area contributed by atoms with E-state index in [4.69, 9.17) is 0 Å². The van der Waals surface area contributed by atoms with Gasteiger partial charge in [-0.25, -0.2) is 0 Å². The van der Waals surface area contributed by atoms with Crippen molar-refractivity contribution in [3.63, 3.8) is 0 Å². The minimum atomic E-state index is -0.674. The van der Waals surface area contributed by atoms with Crippen molar-refractivity contribution < 1.29 is 14.7 Å². The maximum Gasteiger partial charge on any atom is 0.267 e. The highest BCUT2D eigenvalue weighted by molar-refractivity contribution is 6.09. The summed E-state index contributed by atoms with van der Waals surface area (Å²) in [6.07, 6.45) is 5.06. The predicted molar refractivity (Wildman–Crippen MR) is 128 cm³/mol. The van der Waals surface area contributed by atoms with Crippen molar-refractivity contribution in [3.05, 3.63) is 70.0 Å². The Morgan fingerprint density at radius 2 is 1.62 bits per heavy atom. The minimum Gasteiger partial charge on any atom is -0.506 e. The number of anilines is 1. The Labute approximate surface area is 187 Å². The number of nitrogens with zero attached hydrogens (tertiary/aromatic N) is 1. The van der Waals surface area contributed by atoms with Crippen molar-refractivity contribution in [2.75, 3.05) is 5.32 Å². The number of hydrogen-bond acceptors (Lipinski definition) is 4. The molecule has 0 aliphatic heterocycles. The summed E-state index contributed by atoms with van der Waals surface area (Å²) in [5.74, 6) is -0.930. The van der Waals surface area contributed by atoms with Crippen LogP contribution in [0.3, 0.4) is 0 Å². The zero-order chi connectivity index (χ0) is 23.1. The van der Waals surface area contributed by atoms with Crippen molar-refractivity contribution >= 4 is 28.3 Å². The van der Waals surface area contributed by atoms with Crippen LogP contribution >= 0.6 is 0 Å². The lowest BCUT2D eigenvalue weighted by molar-refractivity contribution is 0.0978. The summed E-state index contributed by atoms with van der Waals surface area (Å²) < 4.78 is 1.56. The quantitative estimate of drug-likeness (QED) is 0.325. The number of para-hydroxylation sites is 1. The van der Waals surface area contributed by atoms with E-state index in [9.17, 15) is 19.5 Å². The van der Waals surface area contributed by atoms with Gasteiger partial charge < -0.3 is 15.0 Å². The Bertz CT molecular complexity index is 1160. The number of aryl methyl sites for hydroxylation is 1. The average molecular weight is 435 g/mol. The average Bonchev–Trinajstić information content (AvgIpc) is 2.80. The van der Waals surface area contributed by atoms with E-state index in [-0.39, 0.29) is 17.1 Å². The van der Waals surface area contributed by atoms with E-state index in [2.05, 4.69) is 12.2 Å². The number of amides is 1. The van der Waals surface area contributed by atoms with Gasteiger partial charge in [-0.1, -0.05) is 45.2 Å². The number of rotatable bonds is 10. The van der Waals surface area contributed by atoms with Gasteiger partial charge in [-0.05, 0) is 49.2 Å². The molecule has 1 amide bonds. The molecule has 3 aromatic rings. The fraction of sp³-hybridized carbons (Fsp3) is 0.346. The van der Waals surface area contributed by atoms with Gasteiger partial charge in [0.25, 0.3) is 11.5 Å². The number of unbranched alkanes of at least 4 members (excludes halogenated alkanes) is 3. The van der Waals surface area contributed by atoms with Crippen LogP contribution in [-0.4, -0.2) is 21.4 Å². The lowest BCUT2D eigenvalue weighted by Crippen LogP contribution is -2.30. The molecule has 0 unspecified atom stereocenters. The minimum absolute atomic E-state index is 0.0619. The first-order valence-corrected chi connectivity index (χ1v) is 11.3. The van der Waals surface area contributed by atoms with E-state index < -0.39 is 11.5 Å². The molecular weight excluding hydrogens is 404 g/mol. The van der Waals surface area contributed by atoms with Crippen molar-refractivity contribution in [3.8, 4) is 5.75 Å². The highest BCUT2D eigenvalue weighted by atomic mass is 16.3. The largest absolute Gasteiger partial charge is 0.506 e. The second kappa shape index (κ2) is 10.8. The summed E-state index contributed by atoms with van der Waals surface area (Å²) in [6.45, 7) is 4.59. The third-order valence-corrected chi connectivity index (χ3v) is 5.58. The molecule has 6 heteroatoms. The van der Waals surface area contributed by atoms with Crippen LogP contribution in [0, 0.1) is 0 Å². The van der Waals surface area contributed by atoms with E-state index in [1.807, 2.05) is 6.92 Å². The number of pyridine rings is 1. The van der Waals surface area contributed by atoms with Gasteiger partial charge in [0.05, 0.1) is 5.52 Å². The highest BCUT2D eigenvalue weighted by Gasteiger charge is 2.22. The van der Waals surface area contributed by atoms with Crippen molar-refractivity contribution in [2.45, 2.75) is 58.9 Å². The molecule has 0 spiro atoms. The van der Waals surface area contributed by atoms with Crippen LogP contribution < -0.4 is 10.9 Å². The van der Waals surface area contributed by atoms with Crippen LogP contribution in [0.25, 0.3) is 10.9 Å². The molecular formula is C26H30N2O4. The number of ketones is 1. The molecule has 168 valence electrons. The molecule has 0 fully saturated rings. The number of benzene rings is 2. The molecule has 3 rings (SSSR count). The zero-order valence-electron chi connectivity index (χ0n) is 18.7. The van der Waals surface area contributed by atoms with Crippen LogP contribution in [0.2, 0.25) is 0 Å². The number of aromatic nitrogens is 1. The summed E-state index contributed by atoms with van der Waals surface area (Å²) in [6, 6.07) is 13.6. The fourth-order valence-corrected chi connectivity index (χ4v) is 3.75. The molecule has 0 saturated heterocycles. The van der Waals surface area contributed by atoms with E-state index in [1.54, 1.807) is 53.1 Å². The summed E-state index contributed by atoms with van der Waals surface area (Å²) in [7, 11) is 0. The number of fused-ring (bicyclic) bond motifs is 1. The van der Waals surface area contributed by atoms with Crippen LogP contribution in [-0.2, 0) is 6.54 Å². The van der Waals surface area contributed by atoms with Gasteiger partial charge in [0, 0.05) is 29.6 Å². The van der Waals surface area contributed by atoms with Gasteiger partial charge in [-0.2, -0.15) is 0 Å². The molecule has 6 nitrogen and oxygen atoms in total. The van der Waals surface area contributed by atoms with E-state index in [0.29, 0.717) is 35.1 Å². The Morgan fingerprint density at radius 3 is 2.31 bits per heavy atom. The molecule has 1 heterocycles. The van der Waals surface area contributed by atoms with Gasteiger partial charge in [0.2, 0.25) is 0 Å². The number of carbonyl (C=O) groups excluding carboxylic acids is 2. The Kier molecular flexibility index (Phi) is 7.82. The van der Waals surface area contributed by atoms with Crippen LogP contribution in [0.5, 0.6) is 5.75 Å². The molecule has 1 aromatic heterocycles. The van der Waals surface area contributed by atoms with Gasteiger partial charge in [-0.3, -0.25) is 14.4 Å². The predicted octanol–water partition coefficient (Wildman–Crippen LogP) is 5.52. The van der Waals surface area contributed by atoms with E-state index >= 15 is 0 Å². The molecule has 0 radical (unpaired) electrons. The van der Waals surface area contributed by atoms with Gasteiger partial charge in [0.1, 0.15) is 11.3 Å². The third kappa shape index (κ3) is 5.07. The lowest BCUT2D eigenvalue weighted by atomic mass is 10.1. The molecule has 0 bridgehead atoms. The summed E-state index contributed by atoms with van der Waals surface area (Å²) >= 11 is 0. The first kappa shape index (κ1) is 23.3. The topological polar surface area (TPSA) is 88.4 Å². The lowest BCUT2D eigenvalue weighted by Gasteiger charge is -2.15. The monoisotopic (exact) mass is 434 g/mol. The fourth-order valence-electron chi connectivity index (χ4n) is 3.75. The molecule has 0 atom stereocenters. The third-order valence-electron chi connectivity index (χ3n) is 5.58. The number of carbonyl (C=O) groups is 2. The highest BCUT2D eigenvalue weighted by Crippen LogP contribution is 2.27. The number of hydrogen-bond donors (Lipinski definition) is 2. The summed E-state index contributed by atoms with van der Waals surface area (Å²) in [4.78, 5) is 38.3. The molecule has 2 N–H and O–H groups in total. The molecule has 0 aliphatic carbocycles. The van der Waals surface area contributed by atoms with E-state index in [1.165, 1.54) is 0 Å².